The van der Waals surface area contributed by atoms with Gasteiger partial charge in [0.15, 0.2) is 5.76 Å². The first-order valence-electron chi connectivity index (χ1n) is 14.1. The van der Waals surface area contributed by atoms with Gasteiger partial charge >= 0.3 is 0 Å². The lowest BCUT2D eigenvalue weighted by atomic mass is 9.96. The van der Waals surface area contributed by atoms with Gasteiger partial charge in [-0.3, -0.25) is 14.0 Å². The third kappa shape index (κ3) is 6.01. The molecule has 39 heavy (non-hydrogen) atoms. The number of pyridine rings is 1. The number of hydrogen-bond donors (Lipinski definition) is 1. The molecule has 1 aromatic carbocycles. The van der Waals surface area contributed by atoms with E-state index in [1.807, 2.05) is 42.5 Å². The highest BCUT2D eigenvalue weighted by atomic mass is 16.5. The van der Waals surface area contributed by atoms with Crippen LogP contribution in [0.1, 0.15) is 69.4 Å². The van der Waals surface area contributed by atoms with Gasteiger partial charge in [-0.05, 0) is 56.3 Å². The summed E-state index contributed by atoms with van der Waals surface area (Å²) in [5, 5.41) is 11.6. The number of aryl methyl sites for hydroxylation is 1. The zero-order valence-corrected chi connectivity index (χ0v) is 23.5. The molecule has 1 atom stereocenters. The summed E-state index contributed by atoms with van der Waals surface area (Å²) in [4.78, 5) is 35.2. The van der Waals surface area contributed by atoms with Gasteiger partial charge in [0, 0.05) is 19.3 Å². The van der Waals surface area contributed by atoms with Gasteiger partial charge in [-0.2, -0.15) is 0 Å². The highest BCUT2D eigenvalue weighted by Gasteiger charge is 2.46. The minimum absolute atomic E-state index is 0.0848. The van der Waals surface area contributed by atoms with Crippen molar-refractivity contribution in [1.29, 1.82) is 0 Å². The van der Waals surface area contributed by atoms with Crippen LogP contribution >= 0.6 is 0 Å². The van der Waals surface area contributed by atoms with Crippen LogP contribution in [0.2, 0.25) is 0 Å². The van der Waals surface area contributed by atoms with Gasteiger partial charge in [0.2, 0.25) is 0 Å². The van der Waals surface area contributed by atoms with Gasteiger partial charge in [-0.1, -0.05) is 58.2 Å². The van der Waals surface area contributed by atoms with Crippen molar-refractivity contribution in [3.63, 3.8) is 0 Å². The zero-order chi connectivity index (χ0) is 27.9. The van der Waals surface area contributed by atoms with Crippen molar-refractivity contribution in [2.45, 2.75) is 59.4 Å². The summed E-state index contributed by atoms with van der Waals surface area (Å²) in [6.07, 6.45) is 6.30. The second kappa shape index (κ2) is 12.9. The number of likely N-dealkylation sites (tertiary alicyclic amines) is 1. The van der Waals surface area contributed by atoms with Gasteiger partial charge in [0.05, 0.1) is 23.9 Å². The summed E-state index contributed by atoms with van der Waals surface area (Å²) in [6.45, 7) is 11.5. The van der Waals surface area contributed by atoms with Gasteiger partial charge in [0.25, 0.3) is 11.7 Å². The molecule has 1 saturated heterocycles. The van der Waals surface area contributed by atoms with Crippen LogP contribution in [-0.2, 0) is 9.59 Å². The Hall–Kier alpha value is -3.65. The topological polar surface area (TPSA) is 87.4 Å². The van der Waals surface area contributed by atoms with Crippen molar-refractivity contribution < 1.29 is 19.4 Å². The zero-order valence-electron chi connectivity index (χ0n) is 23.5. The maximum absolute atomic E-state index is 13.5. The number of aliphatic hydroxyl groups excluding tert-OH is 1. The smallest absolute Gasteiger partial charge is 0.295 e. The molecule has 1 amide bonds. The number of fused-ring (bicyclic) bond motifs is 1. The minimum Gasteiger partial charge on any atom is -0.505 e. The number of ether oxygens (including phenoxy) is 1. The second-order valence-corrected chi connectivity index (χ2v) is 9.97. The van der Waals surface area contributed by atoms with E-state index in [-0.39, 0.29) is 11.3 Å². The summed E-state index contributed by atoms with van der Waals surface area (Å²) in [5.41, 5.74) is 2.49. The number of unbranched alkanes of at least 4 members (excludes halogenated alkanes) is 3. The van der Waals surface area contributed by atoms with E-state index < -0.39 is 17.7 Å². The molecule has 8 nitrogen and oxygen atoms in total. The van der Waals surface area contributed by atoms with Crippen LogP contribution in [0, 0.1) is 6.92 Å². The van der Waals surface area contributed by atoms with Crippen LogP contribution in [0.3, 0.4) is 0 Å². The van der Waals surface area contributed by atoms with E-state index in [1.165, 1.54) is 12.8 Å². The molecule has 1 N–H and O–H groups in total. The first kappa shape index (κ1) is 28.4. The molecular weight excluding hydrogens is 492 g/mol. The van der Waals surface area contributed by atoms with E-state index in [1.54, 1.807) is 22.4 Å². The van der Waals surface area contributed by atoms with Crippen LogP contribution in [0.25, 0.3) is 11.4 Å². The van der Waals surface area contributed by atoms with Crippen LogP contribution in [0.5, 0.6) is 5.75 Å². The molecule has 3 heterocycles. The van der Waals surface area contributed by atoms with Crippen LogP contribution < -0.4 is 4.74 Å². The fourth-order valence-electron chi connectivity index (χ4n) is 5.24. The lowest BCUT2D eigenvalue weighted by molar-refractivity contribution is -0.140. The SMILES string of the molecule is CCCCCCOc1ccc(C2/C(=C(\O)c3c(C)nc4ccccn34)C(=O)C(=O)N2CCN(CC)CC)cc1. The number of hydrogen-bond acceptors (Lipinski definition) is 6. The Morgan fingerprint density at radius 3 is 2.46 bits per heavy atom. The Morgan fingerprint density at radius 1 is 1.03 bits per heavy atom. The normalized spacial score (nSPS) is 17.1. The minimum atomic E-state index is -0.715. The van der Waals surface area contributed by atoms with Crippen molar-refractivity contribution >= 4 is 23.1 Å². The first-order valence-corrected chi connectivity index (χ1v) is 14.1. The van der Waals surface area contributed by atoms with E-state index in [9.17, 15) is 14.7 Å². The number of nitrogens with zero attached hydrogens (tertiary/aromatic N) is 4. The molecule has 4 rings (SSSR count). The van der Waals surface area contributed by atoms with Crippen molar-refractivity contribution in [3.8, 4) is 5.75 Å². The second-order valence-electron chi connectivity index (χ2n) is 9.97. The molecule has 0 bridgehead atoms. The molecule has 0 aliphatic carbocycles. The molecule has 0 radical (unpaired) electrons. The number of carbonyl (C=O) groups excluding carboxylic acids is 2. The average Bonchev–Trinajstić information content (AvgIpc) is 3.41. The Balaban J connectivity index is 1.72. The molecule has 1 unspecified atom stereocenters. The van der Waals surface area contributed by atoms with Crippen LogP contribution in [0.4, 0.5) is 0 Å². The molecule has 0 spiro atoms. The standard InChI is InChI=1S/C31H40N4O4/c1-5-8-9-12-21-39-24-16-14-23(15-17-24)28-26(30(37)31(38)35(28)20-19-33(6-2)7-3)29(36)27-22(4)32-25-13-10-11-18-34(25)27/h10-11,13-18,28,36H,5-9,12,19-21H2,1-4H3/b29-26+. The Bertz CT molecular complexity index is 1320. The molecule has 208 valence electrons. The van der Waals surface area contributed by atoms with E-state index in [0.29, 0.717) is 36.7 Å². The number of amides is 1. The Morgan fingerprint density at radius 2 is 1.77 bits per heavy atom. The quantitative estimate of drug-likeness (QED) is 0.138. The largest absolute Gasteiger partial charge is 0.505 e. The molecule has 1 fully saturated rings. The van der Waals surface area contributed by atoms with E-state index >= 15 is 0 Å². The number of benzene rings is 1. The maximum Gasteiger partial charge on any atom is 0.295 e. The maximum atomic E-state index is 13.5. The number of Topliss-reactive ketones (excluding diaryl/α,β-unsaturated/α-hetero) is 1. The Kier molecular flexibility index (Phi) is 9.41. The molecule has 1 aliphatic rings. The lowest BCUT2D eigenvalue weighted by Gasteiger charge is -2.28. The number of aliphatic hydroxyl groups is 1. The summed E-state index contributed by atoms with van der Waals surface area (Å²) in [7, 11) is 0. The fourth-order valence-corrected chi connectivity index (χ4v) is 5.24. The predicted octanol–water partition coefficient (Wildman–Crippen LogP) is 5.37. The first-order chi connectivity index (χ1) is 18.9. The lowest BCUT2D eigenvalue weighted by Crippen LogP contribution is -2.38. The predicted molar refractivity (Wildman–Crippen MR) is 153 cm³/mol. The van der Waals surface area contributed by atoms with Gasteiger partial charge in [-0.15, -0.1) is 0 Å². The number of ketones is 1. The van der Waals surface area contributed by atoms with Crippen molar-refractivity contribution in [2.75, 3.05) is 32.8 Å². The van der Waals surface area contributed by atoms with Crippen LogP contribution in [0.15, 0.2) is 54.2 Å². The summed E-state index contributed by atoms with van der Waals surface area (Å²) < 4.78 is 7.67. The molecule has 2 aromatic heterocycles. The Labute approximate surface area is 230 Å². The molecular formula is C31H40N4O4. The number of rotatable bonds is 13. The van der Waals surface area contributed by atoms with Gasteiger partial charge in [0.1, 0.15) is 17.1 Å². The van der Waals surface area contributed by atoms with E-state index in [2.05, 4.69) is 30.7 Å². The van der Waals surface area contributed by atoms with E-state index in [4.69, 9.17) is 4.74 Å². The molecule has 1 aliphatic heterocycles. The number of likely N-dealkylation sites (N-methyl/N-ethyl adjacent to an activating group) is 1. The summed E-state index contributed by atoms with van der Waals surface area (Å²) in [5.74, 6) is -0.751. The van der Waals surface area contributed by atoms with Gasteiger partial charge in [-0.25, -0.2) is 4.98 Å². The molecule has 8 heteroatoms. The fraction of sp³-hybridized carbons (Fsp3) is 0.452. The van der Waals surface area contributed by atoms with Crippen LogP contribution in [-0.4, -0.2) is 68.8 Å². The monoisotopic (exact) mass is 532 g/mol. The van der Waals surface area contributed by atoms with Crippen molar-refractivity contribution in [2.24, 2.45) is 0 Å². The highest BCUT2D eigenvalue weighted by molar-refractivity contribution is 6.46. The molecule has 0 saturated carbocycles. The highest BCUT2D eigenvalue weighted by Crippen LogP contribution is 2.40. The van der Waals surface area contributed by atoms with Gasteiger partial charge < -0.3 is 19.6 Å². The number of aromatic nitrogens is 2. The summed E-state index contributed by atoms with van der Waals surface area (Å²) >= 11 is 0. The van der Waals surface area contributed by atoms with Crippen molar-refractivity contribution in [3.05, 3.63) is 71.2 Å². The molecule has 3 aromatic rings. The third-order valence-corrected chi connectivity index (χ3v) is 7.48. The van der Waals surface area contributed by atoms with E-state index in [0.717, 1.165) is 37.2 Å². The summed E-state index contributed by atoms with van der Waals surface area (Å²) in [6, 6.07) is 12.3. The van der Waals surface area contributed by atoms with Crippen molar-refractivity contribution in [1.82, 2.24) is 19.2 Å². The number of imidazole rings is 1. The third-order valence-electron chi connectivity index (χ3n) is 7.48. The average molecular weight is 533 g/mol. The number of carbonyl (C=O) groups is 2.